The number of aromatic nitrogens is 2. The van der Waals surface area contributed by atoms with Crippen LogP contribution in [0, 0.1) is 0 Å². The first-order chi connectivity index (χ1) is 8.38. The minimum absolute atomic E-state index is 0.768. The Balaban J connectivity index is 1.82. The molecule has 0 spiro atoms. The van der Waals surface area contributed by atoms with Crippen LogP contribution in [0.4, 0.5) is 5.82 Å². The van der Waals surface area contributed by atoms with Crippen LogP contribution in [0.2, 0.25) is 0 Å². The minimum atomic E-state index is 0.768. The molecule has 88 valence electrons. The van der Waals surface area contributed by atoms with Crippen LogP contribution in [0.1, 0.15) is 5.56 Å². The molecule has 0 radical (unpaired) electrons. The standard InChI is InChI=1S/C13H15N3O/c1-17-12-2-3-13(16-10-12)15-9-6-11-4-7-14-8-5-11/h2-5,7-8,10H,6,9H2,1H3,(H,15,16). The highest BCUT2D eigenvalue weighted by atomic mass is 16.5. The maximum Gasteiger partial charge on any atom is 0.137 e. The Morgan fingerprint density at radius 2 is 2.00 bits per heavy atom. The van der Waals surface area contributed by atoms with Gasteiger partial charge in [0.1, 0.15) is 11.6 Å². The first-order valence-corrected chi connectivity index (χ1v) is 5.51. The van der Waals surface area contributed by atoms with Gasteiger partial charge in [0.2, 0.25) is 0 Å². The first-order valence-electron chi connectivity index (χ1n) is 5.51. The largest absolute Gasteiger partial charge is 0.495 e. The number of rotatable bonds is 5. The lowest BCUT2D eigenvalue weighted by Gasteiger charge is -2.06. The van der Waals surface area contributed by atoms with Crippen LogP contribution < -0.4 is 10.1 Å². The summed E-state index contributed by atoms with van der Waals surface area (Å²) in [6, 6.07) is 7.83. The monoisotopic (exact) mass is 229 g/mol. The van der Waals surface area contributed by atoms with Gasteiger partial charge in [-0.2, -0.15) is 0 Å². The summed E-state index contributed by atoms with van der Waals surface area (Å²) in [5.74, 6) is 1.63. The van der Waals surface area contributed by atoms with Gasteiger partial charge in [-0.05, 0) is 36.2 Å². The third kappa shape index (κ3) is 3.45. The van der Waals surface area contributed by atoms with Gasteiger partial charge in [-0.3, -0.25) is 4.98 Å². The Labute approximate surface area is 101 Å². The van der Waals surface area contributed by atoms with E-state index in [0.717, 1.165) is 24.5 Å². The van der Waals surface area contributed by atoms with Crippen molar-refractivity contribution in [3.63, 3.8) is 0 Å². The molecule has 1 N–H and O–H groups in total. The number of hydrogen-bond acceptors (Lipinski definition) is 4. The van der Waals surface area contributed by atoms with Crippen molar-refractivity contribution in [1.29, 1.82) is 0 Å². The minimum Gasteiger partial charge on any atom is -0.495 e. The topological polar surface area (TPSA) is 47.0 Å². The number of hydrogen-bond donors (Lipinski definition) is 1. The molecule has 2 aromatic rings. The number of pyridine rings is 2. The summed E-state index contributed by atoms with van der Waals surface area (Å²) in [5, 5.41) is 3.26. The molecule has 0 bridgehead atoms. The van der Waals surface area contributed by atoms with Gasteiger partial charge < -0.3 is 10.1 Å². The van der Waals surface area contributed by atoms with E-state index in [1.165, 1.54) is 5.56 Å². The van der Waals surface area contributed by atoms with E-state index in [9.17, 15) is 0 Å². The average Bonchev–Trinajstić information content (AvgIpc) is 2.41. The highest BCUT2D eigenvalue weighted by molar-refractivity contribution is 5.37. The fourth-order valence-electron chi connectivity index (χ4n) is 1.49. The van der Waals surface area contributed by atoms with E-state index in [1.807, 2.05) is 24.3 Å². The fraction of sp³-hybridized carbons (Fsp3) is 0.231. The quantitative estimate of drug-likeness (QED) is 0.853. The van der Waals surface area contributed by atoms with Crippen molar-refractivity contribution in [3.8, 4) is 5.75 Å². The molecule has 0 aliphatic heterocycles. The van der Waals surface area contributed by atoms with E-state index < -0.39 is 0 Å². The summed E-state index contributed by atoms with van der Waals surface area (Å²) in [6.07, 6.45) is 6.27. The molecule has 0 fully saturated rings. The number of ether oxygens (including phenoxy) is 1. The van der Waals surface area contributed by atoms with Gasteiger partial charge in [-0.25, -0.2) is 4.98 Å². The lowest BCUT2D eigenvalue weighted by atomic mass is 10.2. The second-order valence-corrected chi connectivity index (χ2v) is 3.62. The molecule has 4 nitrogen and oxygen atoms in total. The van der Waals surface area contributed by atoms with E-state index in [0.29, 0.717) is 0 Å². The average molecular weight is 229 g/mol. The first kappa shape index (κ1) is 11.4. The maximum atomic E-state index is 5.05. The molecule has 2 rings (SSSR count). The van der Waals surface area contributed by atoms with Crippen LogP contribution in [-0.4, -0.2) is 23.6 Å². The van der Waals surface area contributed by atoms with Crippen molar-refractivity contribution < 1.29 is 4.74 Å². The van der Waals surface area contributed by atoms with E-state index in [2.05, 4.69) is 15.3 Å². The van der Waals surface area contributed by atoms with Gasteiger partial charge in [-0.1, -0.05) is 0 Å². The summed E-state index contributed by atoms with van der Waals surface area (Å²) in [7, 11) is 1.63. The Morgan fingerprint density at radius 3 is 2.65 bits per heavy atom. The number of anilines is 1. The van der Waals surface area contributed by atoms with Crippen LogP contribution in [0.25, 0.3) is 0 Å². The Morgan fingerprint density at radius 1 is 1.18 bits per heavy atom. The molecule has 0 saturated carbocycles. The normalized spacial score (nSPS) is 9.94. The van der Waals surface area contributed by atoms with Crippen molar-refractivity contribution in [1.82, 2.24) is 9.97 Å². The second-order valence-electron chi connectivity index (χ2n) is 3.62. The molecule has 17 heavy (non-hydrogen) atoms. The van der Waals surface area contributed by atoms with Crippen molar-refractivity contribution in [2.45, 2.75) is 6.42 Å². The SMILES string of the molecule is COc1ccc(NCCc2ccncc2)nc1. The summed E-state index contributed by atoms with van der Waals surface area (Å²) in [5.41, 5.74) is 1.26. The summed E-state index contributed by atoms with van der Waals surface area (Å²) in [6.45, 7) is 0.851. The molecule has 0 saturated heterocycles. The Kier molecular flexibility index (Phi) is 3.91. The molecule has 0 aromatic carbocycles. The fourth-order valence-corrected chi connectivity index (χ4v) is 1.49. The van der Waals surface area contributed by atoms with Crippen LogP contribution in [0.15, 0.2) is 42.9 Å². The third-order valence-electron chi connectivity index (χ3n) is 2.44. The van der Waals surface area contributed by atoms with E-state index >= 15 is 0 Å². The molecule has 2 aromatic heterocycles. The van der Waals surface area contributed by atoms with Gasteiger partial charge in [0.15, 0.2) is 0 Å². The van der Waals surface area contributed by atoms with Gasteiger partial charge in [0.25, 0.3) is 0 Å². The van der Waals surface area contributed by atoms with Crippen LogP contribution in [0.3, 0.4) is 0 Å². The van der Waals surface area contributed by atoms with E-state index in [4.69, 9.17) is 4.74 Å². The predicted octanol–water partition coefficient (Wildman–Crippen LogP) is 2.14. The van der Waals surface area contributed by atoms with E-state index in [-0.39, 0.29) is 0 Å². The maximum absolute atomic E-state index is 5.05. The number of nitrogens with zero attached hydrogens (tertiary/aromatic N) is 2. The molecule has 0 unspecified atom stereocenters. The van der Waals surface area contributed by atoms with Crippen LogP contribution in [-0.2, 0) is 6.42 Å². The molecule has 0 aliphatic carbocycles. The Bertz CT molecular complexity index is 442. The highest BCUT2D eigenvalue weighted by Crippen LogP contribution is 2.11. The third-order valence-corrected chi connectivity index (χ3v) is 2.44. The summed E-state index contributed by atoms with van der Waals surface area (Å²) in [4.78, 5) is 8.22. The van der Waals surface area contributed by atoms with Crippen LogP contribution in [0.5, 0.6) is 5.75 Å². The molecular weight excluding hydrogens is 214 g/mol. The smallest absolute Gasteiger partial charge is 0.137 e. The van der Waals surface area contributed by atoms with Crippen molar-refractivity contribution in [2.24, 2.45) is 0 Å². The molecule has 0 amide bonds. The lowest BCUT2D eigenvalue weighted by molar-refractivity contribution is 0.413. The predicted molar refractivity (Wildman–Crippen MR) is 67.2 cm³/mol. The van der Waals surface area contributed by atoms with Gasteiger partial charge in [0.05, 0.1) is 13.3 Å². The molecule has 2 heterocycles. The van der Waals surface area contributed by atoms with Crippen molar-refractivity contribution >= 4 is 5.82 Å². The zero-order chi connectivity index (χ0) is 11.9. The molecule has 0 aliphatic rings. The molecule has 4 heteroatoms. The zero-order valence-electron chi connectivity index (χ0n) is 9.76. The van der Waals surface area contributed by atoms with Crippen molar-refractivity contribution in [3.05, 3.63) is 48.4 Å². The van der Waals surface area contributed by atoms with Gasteiger partial charge in [-0.15, -0.1) is 0 Å². The Hall–Kier alpha value is -2.10. The second kappa shape index (κ2) is 5.84. The molecular formula is C13H15N3O. The molecule has 0 atom stereocenters. The lowest BCUT2D eigenvalue weighted by Crippen LogP contribution is -2.06. The van der Waals surface area contributed by atoms with Gasteiger partial charge in [0, 0.05) is 18.9 Å². The van der Waals surface area contributed by atoms with Crippen LogP contribution >= 0.6 is 0 Å². The summed E-state index contributed by atoms with van der Waals surface area (Å²) >= 11 is 0. The highest BCUT2D eigenvalue weighted by Gasteiger charge is 1.95. The van der Waals surface area contributed by atoms with Gasteiger partial charge >= 0.3 is 0 Å². The number of nitrogens with one attached hydrogen (secondary N) is 1. The van der Waals surface area contributed by atoms with Crippen molar-refractivity contribution in [2.75, 3.05) is 19.0 Å². The number of methoxy groups -OCH3 is 1. The zero-order valence-corrected chi connectivity index (χ0v) is 9.76. The summed E-state index contributed by atoms with van der Waals surface area (Å²) < 4.78 is 5.05. The van der Waals surface area contributed by atoms with E-state index in [1.54, 1.807) is 25.7 Å².